The molecular formula is C21H26N6O. The number of aryl methyl sites for hydroxylation is 1. The first kappa shape index (κ1) is 18.4. The van der Waals surface area contributed by atoms with Crippen LogP contribution < -0.4 is 16.0 Å². The number of hydrogen-bond acceptors (Lipinski definition) is 5. The predicted octanol–water partition coefficient (Wildman–Crippen LogP) is 2.76. The largest absolute Gasteiger partial charge is 0.355 e. The minimum absolute atomic E-state index is 0.101. The molecule has 0 atom stereocenters. The van der Waals surface area contributed by atoms with Gasteiger partial charge in [0, 0.05) is 24.0 Å². The van der Waals surface area contributed by atoms with E-state index in [1.807, 2.05) is 28.8 Å². The number of nitrogens with one attached hydrogen (secondary N) is 3. The van der Waals surface area contributed by atoms with Gasteiger partial charge in [-0.05, 0) is 81.1 Å². The summed E-state index contributed by atoms with van der Waals surface area (Å²) in [7, 11) is 1.62. The van der Waals surface area contributed by atoms with Crippen molar-refractivity contribution in [3.05, 3.63) is 53.7 Å². The Hall–Kier alpha value is -2.93. The van der Waals surface area contributed by atoms with Gasteiger partial charge in [0.05, 0.1) is 0 Å². The van der Waals surface area contributed by atoms with Crippen LogP contribution >= 0.6 is 0 Å². The Morgan fingerprint density at radius 1 is 1.18 bits per heavy atom. The van der Waals surface area contributed by atoms with Crippen molar-refractivity contribution in [1.82, 2.24) is 25.2 Å². The molecule has 1 aromatic carbocycles. The zero-order valence-electron chi connectivity index (χ0n) is 16.1. The molecule has 0 bridgehead atoms. The standard InChI is InChI=1S/C21H26N6O/c1-22-20(28)16-6-8-17(9-7-16)24-21-25-19-4-2-3-18(27(19)26-21)10-5-15-11-13-23-14-12-15/h2-4,6-9,15,23H,5,10-14H2,1H3,(H,22,28)(H,24,26). The molecule has 2 aromatic heterocycles. The topological polar surface area (TPSA) is 83.3 Å². The van der Waals surface area contributed by atoms with Crippen molar-refractivity contribution in [1.29, 1.82) is 0 Å². The highest BCUT2D eigenvalue weighted by molar-refractivity contribution is 5.94. The molecule has 146 valence electrons. The smallest absolute Gasteiger partial charge is 0.251 e. The van der Waals surface area contributed by atoms with Crippen molar-refractivity contribution >= 4 is 23.2 Å². The summed E-state index contributed by atoms with van der Waals surface area (Å²) in [6, 6.07) is 13.4. The number of hydrogen-bond donors (Lipinski definition) is 3. The van der Waals surface area contributed by atoms with Crippen LogP contribution in [0.15, 0.2) is 42.5 Å². The van der Waals surface area contributed by atoms with E-state index < -0.39 is 0 Å². The third-order valence-corrected chi connectivity index (χ3v) is 5.34. The van der Waals surface area contributed by atoms with Gasteiger partial charge in [0.2, 0.25) is 5.95 Å². The number of fused-ring (bicyclic) bond motifs is 1. The summed E-state index contributed by atoms with van der Waals surface area (Å²) >= 11 is 0. The summed E-state index contributed by atoms with van der Waals surface area (Å²) in [5.41, 5.74) is 3.50. The molecule has 4 rings (SSSR count). The first-order valence-electron chi connectivity index (χ1n) is 9.87. The molecular weight excluding hydrogens is 352 g/mol. The van der Waals surface area contributed by atoms with E-state index in [0.29, 0.717) is 11.5 Å². The van der Waals surface area contributed by atoms with E-state index in [9.17, 15) is 4.79 Å². The molecule has 0 unspecified atom stereocenters. The van der Waals surface area contributed by atoms with E-state index in [0.717, 1.165) is 36.8 Å². The van der Waals surface area contributed by atoms with Gasteiger partial charge < -0.3 is 16.0 Å². The van der Waals surface area contributed by atoms with Gasteiger partial charge in [0.1, 0.15) is 0 Å². The lowest BCUT2D eigenvalue weighted by Gasteiger charge is -2.22. The zero-order chi connectivity index (χ0) is 19.3. The molecule has 1 fully saturated rings. The number of aromatic nitrogens is 3. The van der Waals surface area contributed by atoms with Crippen LogP contribution in [0.2, 0.25) is 0 Å². The predicted molar refractivity (Wildman–Crippen MR) is 110 cm³/mol. The maximum Gasteiger partial charge on any atom is 0.251 e. The molecule has 1 aliphatic heterocycles. The molecule has 3 aromatic rings. The Morgan fingerprint density at radius 2 is 1.96 bits per heavy atom. The van der Waals surface area contributed by atoms with E-state index in [1.54, 1.807) is 19.2 Å². The lowest BCUT2D eigenvalue weighted by Crippen LogP contribution is -2.28. The van der Waals surface area contributed by atoms with Crippen LogP contribution in [0.1, 0.15) is 35.3 Å². The first-order chi connectivity index (χ1) is 13.7. The number of benzene rings is 1. The molecule has 0 spiro atoms. The molecule has 1 saturated heterocycles. The van der Waals surface area contributed by atoms with Crippen molar-refractivity contribution < 1.29 is 4.79 Å². The minimum Gasteiger partial charge on any atom is -0.355 e. The summed E-state index contributed by atoms with van der Waals surface area (Å²) < 4.78 is 1.93. The highest BCUT2D eigenvalue weighted by Gasteiger charge is 2.14. The Bertz CT molecular complexity index is 943. The highest BCUT2D eigenvalue weighted by atomic mass is 16.1. The van der Waals surface area contributed by atoms with Gasteiger partial charge in [-0.15, -0.1) is 5.10 Å². The molecule has 0 aliphatic carbocycles. The average Bonchev–Trinajstić information content (AvgIpc) is 3.16. The number of amides is 1. The van der Waals surface area contributed by atoms with Gasteiger partial charge in [0.15, 0.2) is 5.65 Å². The summed E-state index contributed by atoms with van der Waals surface area (Å²) in [6.45, 7) is 2.26. The average molecular weight is 378 g/mol. The number of piperidine rings is 1. The fourth-order valence-electron chi connectivity index (χ4n) is 3.70. The Kier molecular flexibility index (Phi) is 5.53. The van der Waals surface area contributed by atoms with Crippen LogP contribution in [0.25, 0.3) is 5.65 Å². The van der Waals surface area contributed by atoms with E-state index in [2.05, 4.69) is 32.1 Å². The number of carbonyl (C=O) groups is 1. The molecule has 28 heavy (non-hydrogen) atoms. The van der Waals surface area contributed by atoms with Crippen LogP contribution in [0, 0.1) is 5.92 Å². The van der Waals surface area contributed by atoms with Gasteiger partial charge in [0.25, 0.3) is 5.91 Å². The number of anilines is 2. The number of pyridine rings is 1. The summed E-state index contributed by atoms with van der Waals surface area (Å²) in [4.78, 5) is 16.2. The molecule has 1 aliphatic rings. The Balaban J connectivity index is 1.47. The number of nitrogens with zero attached hydrogens (tertiary/aromatic N) is 3. The number of carbonyl (C=O) groups excluding carboxylic acids is 1. The van der Waals surface area contributed by atoms with Crippen molar-refractivity contribution in [3.8, 4) is 0 Å². The third-order valence-electron chi connectivity index (χ3n) is 5.34. The van der Waals surface area contributed by atoms with E-state index in [1.165, 1.54) is 25.0 Å². The second-order valence-electron chi connectivity index (χ2n) is 7.24. The molecule has 1 amide bonds. The Labute approximate surface area is 164 Å². The second-order valence-corrected chi connectivity index (χ2v) is 7.24. The maximum atomic E-state index is 11.7. The van der Waals surface area contributed by atoms with Crippen LogP contribution in [0.3, 0.4) is 0 Å². The molecule has 7 nitrogen and oxygen atoms in total. The minimum atomic E-state index is -0.101. The third kappa shape index (κ3) is 4.14. The lowest BCUT2D eigenvalue weighted by molar-refractivity contribution is 0.0963. The van der Waals surface area contributed by atoms with Crippen molar-refractivity contribution in [2.24, 2.45) is 5.92 Å². The van der Waals surface area contributed by atoms with Gasteiger partial charge in [-0.3, -0.25) is 4.79 Å². The maximum absolute atomic E-state index is 11.7. The second kappa shape index (κ2) is 8.39. The van der Waals surface area contributed by atoms with Crippen molar-refractivity contribution in [3.63, 3.8) is 0 Å². The molecule has 3 heterocycles. The van der Waals surface area contributed by atoms with E-state index in [-0.39, 0.29) is 5.91 Å². The van der Waals surface area contributed by atoms with Gasteiger partial charge in [-0.2, -0.15) is 4.98 Å². The van der Waals surface area contributed by atoms with Crippen LogP contribution in [0.4, 0.5) is 11.6 Å². The Morgan fingerprint density at radius 3 is 2.71 bits per heavy atom. The monoisotopic (exact) mass is 378 g/mol. The van der Waals surface area contributed by atoms with Crippen molar-refractivity contribution in [2.75, 3.05) is 25.5 Å². The van der Waals surface area contributed by atoms with E-state index >= 15 is 0 Å². The van der Waals surface area contributed by atoms with Gasteiger partial charge >= 0.3 is 0 Å². The SMILES string of the molecule is CNC(=O)c1ccc(Nc2nc3cccc(CCC4CCNCC4)n3n2)cc1. The summed E-state index contributed by atoms with van der Waals surface area (Å²) in [5.74, 6) is 1.24. The van der Waals surface area contributed by atoms with Gasteiger partial charge in [-0.1, -0.05) is 6.07 Å². The summed E-state index contributed by atoms with van der Waals surface area (Å²) in [5, 5.41) is 13.9. The fourth-order valence-corrected chi connectivity index (χ4v) is 3.70. The molecule has 3 N–H and O–H groups in total. The van der Waals surface area contributed by atoms with Crippen molar-refractivity contribution in [2.45, 2.75) is 25.7 Å². The normalized spacial score (nSPS) is 14.9. The quantitative estimate of drug-likeness (QED) is 0.614. The number of rotatable bonds is 6. The first-order valence-corrected chi connectivity index (χ1v) is 9.87. The molecule has 0 saturated carbocycles. The fraction of sp³-hybridized carbons (Fsp3) is 0.381. The zero-order valence-corrected chi connectivity index (χ0v) is 16.1. The van der Waals surface area contributed by atoms with Crippen LogP contribution in [0.5, 0.6) is 0 Å². The summed E-state index contributed by atoms with van der Waals surface area (Å²) in [6.07, 6.45) is 4.70. The molecule has 7 heteroatoms. The van der Waals surface area contributed by atoms with Crippen LogP contribution in [-0.4, -0.2) is 40.6 Å². The van der Waals surface area contributed by atoms with Crippen LogP contribution in [-0.2, 0) is 6.42 Å². The lowest BCUT2D eigenvalue weighted by atomic mass is 9.92. The highest BCUT2D eigenvalue weighted by Crippen LogP contribution is 2.20. The van der Waals surface area contributed by atoms with Gasteiger partial charge in [-0.25, -0.2) is 4.52 Å². The molecule has 0 radical (unpaired) electrons. The van der Waals surface area contributed by atoms with E-state index in [4.69, 9.17) is 0 Å².